The van der Waals surface area contributed by atoms with E-state index < -0.39 is 0 Å². The Morgan fingerprint density at radius 3 is 2.69 bits per heavy atom. The number of imidazole rings is 2. The van der Waals surface area contributed by atoms with Crippen molar-refractivity contribution in [2.75, 3.05) is 11.5 Å². The predicted octanol–water partition coefficient (Wildman–Crippen LogP) is 1.09. The summed E-state index contributed by atoms with van der Waals surface area (Å²) in [6.07, 6.45) is 3.36. The van der Waals surface area contributed by atoms with Crippen LogP contribution in [0.2, 0.25) is 0 Å². The lowest BCUT2D eigenvalue weighted by atomic mass is 10.0. The van der Waals surface area contributed by atoms with Crippen molar-refractivity contribution < 1.29 is 0 Å². The number of nitrogens with zero attached hydrogens (tertiary/aromatic N) is 2. The molecule has 0 amide bonds. The van der Waals surface area contributed by atoms with Crippen molar-refractivity contribution in [3.63, 3.8) is 0 Å². The van der Waals surface area contributed by atoms with Gasteiger partial charge in [0.05, 0.1) is 17.6 Å². The fourth-order valence-electron chi connectivity index (χ4n) is 1.63. The molecule has 1 unspecified atom stereocenters. The van der Waals surface area contributed by atoms with Gasteiger partial charge in [-0.3, -0.25) is 0 Å². The van der Waals surface area contributed by atoms with Gasteiger partial charge in [-0.15, -0.1) is 0 Å². The second-order valence-electron chi connectivity index (χ2n) is 3.57. The highest BCUT2D eigenvalue weighted by molar-refractivity contribution is 5.50. The van der Waals surface area contributed by atoms with Crippen molar-refractivity contribution in [2.24, 2.45) is 0 Å². The highest BCUT2D eigenvalue weighted by Gasteiger charge is 2.17. The van der Waals surface area contributed by atoms with Crippen molar-refractivity contribution in [1.82, 2.24) is 19.9 Å². The summed E-state index contributed by atoms with van der Waals surface area (Å²) in [6.45, 7) is 5.70. The molecule has 0 aliphatic carbocycles. The topological polar surface area (TPSA) is 109 Å². The second kappa shape index (κ2) is 3.73. The summed E-state index contributed by atoms with van der Waals surface area (Å²) in [5, 5.41) is 0. The Hall–Kier alpha value is -2.24. The van der Waals surface area contributed by atoms with Gasteiger partial charge in [0.15, 0.2) is 11.9 Å². The molecule has 2 aromatic heterocycles. The zero-order valence-corrected chi connectivity index (χ0v) is 8.99. The summed E-state index contributed by atoms with van der Waals surface area (Å²) < 4.78 is 0. The molecule has 2 aromatic rings. The Balaban J connectivity index is 2.40. The molecule has 6 heteroatoms. The van der Waals surface area contributed by atoms with Crippen molar-refractivity contribution in [1.29, 1.82) is 0 Å². The Morgan fingerprint density at radius 2 is 2.12 bits per heavy atom. The number of aromatic nitrogens is 4. The lowest BCUT2D eigenvalue weighted by Crippen LogP contribution is -2.00. The Labute approximate surface area is 92.8 Å². The van der Waals surface area contributed by atoms with E-state index in [0.717, 1.165) is 17.1 Å². The van der Waals surface area contributed by atoms with E-state index in [1.165, 1.54) is 0 Å². The summed E-state index contributed by atoms with van der Waals surface area (Å²) in [5.41, 5.74) is 13.7. The lowest BCUT2D eigenvalue weighted by molar-refractivity contribution is 0.850. The number of hydrogen-bond donors (Lipinski definition) is 4. The molecular weight excluding hydrogens is 204 g/mol. The molecule has 84 valence electrons. The lowest BCUT2D eigenvalue weighted by Gasteiger charge is -2.07. The largest absolute Gasteiger partial charge is 0.369 e. The van der Waals surface area contributed by atoms with Crippen LogP contribution < -0.4 is 11.5 Å². The average molecular weight is 218 g/mol. The molecule has 0 radical (unpaired) electrons. The molecule has 0 fully saturated rings. The smallest absolute Gasteiger partial charge is 0.198 e. The summed E-state index contributed by atoms with van der Waals surface area (Å²) in [4.78, 5) is 14.1. The summed E-state index contributed by atoms with van der Waals surface area (Å²) in [6, 6.07) is 0. The van der Waals surface area contributed by atoms with Crippen LogP contribution in [0.3, 0.4) is 0 Å². The number of nitrogens with one attached hydrogen (secondary N) is 2. The monoisotopic (exact) mass is 218 g/mol. The normalized spacial score (nSPS) is 12.6. The Morgan fingerprint density at radius 1 is 1.38 bits per heavy atom. The molecule has 0 saturated carbocycles. The maximum atomic E-state index is 5.61. The third-order valence-corrected chi connectivity index (χ3v) is 2.49. The molecule has 0 bridgehead atoms. The van der Waals surface area contributed by atoms with Gasteiger partial charge in [0.1, 0.15) is 0 Å². The molecule has 2 heterocycles. The number of nitrogen functional groups attached to an aromatic ring is 2. The first kappa shape index (κ1) is 10.3. The van der Waals surface area contributed by atoms with E-state index in [1.54, 1.807) is 12.3 Å². The van der Waals surface area contributed by atoms with Crippen LogP contribution in [0.1, 0.15) is 29.9 Å². The highest BCUT2D eigenvalue weighted by Crippen LogP contribution is 2.25. The molecule has 2 rings (SSSR count). The molecule has 6 nitrogen and oxygen atoms in total. The van der Waals surface area contributed by atoms with Crippen LogP contribution in [-0.2, 0) is 0 Å². The third kappa shape index (κ3) is 1.65. The van der Waals surface area contributed by atoms with Crippen molar-refractivity contribution in [2.45, 2.75) is 12.8 Å². The zero-order valence-electron chi connectivity index (χ0n) is 8.99. The van der Waals surface area contributed by atoms with Gasteiger partial charge in [0.25, 0.3) is 0 Å². The molecule has 0 aromatic carbocycles. The minimum atomic E-state index is 0.0580. The van der Waals surface area contributed by atoms with Gasteiger partial charge in [0, 0.05) is 11.6 Å². The van der Waals surface area contributed by atoms with Gasteiger partial charge in [-0.1, -0.05) is 13.5 Å². The maximum absolute atomic E-state index is 5.61. The number of nitrogens with two attached hydrogens (primary N) is 2. The second-order valence-corrected chi connectivity index (χ2v) is 3.57. The summed E-state index contributed by atoms with van der Waals surface area (Å²) in [5.74, 6) is 0.835. The van der Waals surface area contributed by atoms with E-state index in [2.05, 4.69) is 26.5 Å². The zero-order chi connectivity index (χ0) is 11.7. The van der Waals surface area contributed by atoms with Crippen LogP contribution >= 0.6 is 0 Å². The Kier molecular flexibility index (Phi) is 2.40. The first-order valence-corrected chi connectivity index (χ1v) is 4.90. The van der Waals surface area contributed by atoms with E-state index in [0.29, 0.717) is 11.9 Å². The molecule has 6 N–H and O–H groups in total. The van der Waals surface area contributed by atoms with Gasteiger partial charge in [-0.25, -0.2) is 9.97 Å². The van der Waals surface area contributed by atoms with Crippen molar-refractivity contribution >= 4 is 18.0 Å². The first-order valence-electron chi connectivity index (χ1n) is 4.90. The minimum absolute atomic E-state index is 0.0580. The van der Waals surface area contributed by atoms with Gasteiger partial charge in [0.2, 0.25) is 0 Å². The van der Waals surface area contributed by atoms with Crippen LogP contribution in [0.25, 0.3) is 6.08 Å². The Bertz CT molecular complexity index is 509. The number of H-pyrrole nitrogens is 2. The average Bonchev–Trinajstić information content (AvgIpc) is 2.83. The van der Waals surface area contributed by atoms with Gasteiger partial charge in [-0.05, 0) is 6.08 Å². The van der Waals surface area contributed by atoms with Crippen molar-refractivity contribution in [3.05, 3.63) is 29.9 Å². The number of hydrogen-bond acceptors (Lipinski definition) is 4. The molecule has 0 aliphatic rings. The molecule has 16 heavy (non-hydrogen) atoms. The standard InChI is InChI=1S/C10H14N6/c1-3-6-8(16-10(12)14-6)5(2)7-4-13-9(11)15-7/h3-5H,1H2,2H3,(H3,11,13,15)(H3,12,14,16). The van der Waals surface area contributed by atoms with Crippen LogP contribution in [0.15, 0.2) is 12.8 Å². The molecule has 0 saturated heterocycles. The highest BCUT2D eigenvalue weighted by atomic mass is 15.1. The van der Waals surface area contributed by atoms with Crippen LogP contribution in [0.5, 0.6) is 0 Å². The van der Waals surface area contributed by atoms with Gasteiger partial charge in [-0.2, -0.15) is 0 Å². The molecule has 0 spiro atoms. The molecule has 0 aliphatic heterocycles. The fraction of sp³-hybridized carbons (Fsp3) is 0.200. The van der Waals surface area contributed by atoms with Crippen LogP contribution in [0, 0.1) is 0 Å². The van der Waals surface area contributed by atoms with E-state index in [1.807, 2.05) is 6.92 Å². The fourth-order valence-corrected chi connectivity index (χ4v) is 1.63. The van der Waals surface area contributed by atoms with E-state index >= 15 is 0 Å². The first-order chi connectivity index (χ1) is 7.61. The molecule has 1 atom stereocenters. The summed E-state index contributed by atoms with van der Waals surface area (Å²) >= 11 is 0. The van der Waals surface area contributed by atoms with E-state index in [-0.39, 0.29) is 5.92 Å². The van der Waals surface area contributed by atoms with Gasteiger partial charge >= 0.3 is 0 Å². The van der Waals surface area contributed by atoms with Crippen LogP contribution in [0.4, 0.5) is 11.9 Å². The predicted molar refractivity (Wildman–Crippen MR) is 63.6 cm³/mol. The van der Waals surface area contributed by atoms with Gasteiger partial charge < -0.3 is 21.4 Å². The SMILES string of the molecule is C=Cc1nc(N)[nH]c1C(C)c1cnc(N)[nH]1. The minimum Gasteiger partial charge on any atom is -0.369 e. The quantitative estimate of drug-likeness (QED) is 0.618. The summed E-state index contributed by atoms with van der Waals surface area (Å²) in [7, 11) is 0. The van der Waals surface area contributed by atoms with E-state index in [4.69, 9.17) is 11.5 Å². The number of aromatic amines is 2. The number of rotatable bonds is 3. The molecular formula is C10H14N6. The number of anilines is 2. The third-order valence-electron chi connectivity index (χ3n) is 2.49. The van der Waals surface area contributed by atoms with Crippen molar-refractivity contribution in [3.8, 4) is 0 Å². The van der Waals surface area contributed by atoms with E-state index in [9.17, 15) is 0 Å². The maximum Gasteiger partial charge on any atom is 0.198 e. The van der Waals surface area contributed by atoms with Crippen LogP contribution in [-0.4, -0.2) is 19.9 Å².